The third-order valence-corrected chi connectivity index (χ3v) is 8.07. The summed E-state index contributed by atoms with van der Waals surface area (Å²) in [5, 5.41) is 12.9. The lowest BCUT2D eigenvalue weighted by molar-refractivity contribution is -0.139. The van der Waals surface area contributed by atoms with Crippen LogP contribution in [0.2, 0.25) is 5.02 Å². The normalized spacial score (nSPS) is 12.7. The summed E-state index contributed by atoms with van der Waals surface area (Å²) in [5.74, 6) is -2.21. The average molecular weight is 635 g/mol. The number of rotatable bonds is 8. The van der Waals surface area contributed by atoms with Gasteiger partial charge < -0.3 is 10.4 Å². The number of aliphatic hydroxyl groups excluding tert-OH is 1. The Morgan fingerprint density at radius 1 is 0.953 bits per heavy atom. The Labute approximate surface area is 247 Å². The molecule has 5 rings (SSSR count). The number of sulfonamides is 1. The summed E-state index contributed by atoms with van der Waals surface area (Å²) in [6, 6.07) is 16.3. The van der Waals surface area contributed by atoms with Crippen molar-refractivity contribution < 1.29 is 35.5 Å². The zero-order chi connectivity index (χ0) is 30.9. The second kappa shape index (κ2) is 11.7. The molecule has 1 atom stereocenters. The van der Waals surface area contributed by atoms with Crippen LogP contribution in [0.3, 0.4) is 0 Å². The molecule has 43 heavy (non-hydrogen) atoms. The predicted molar refractivity (Wildman–Crippen MR) is 152 cm³/mol. The van der Waals surface area contributed by atoms with Crippen molar-refractivity contribution >= 4 is 44.2 Å². The second-order valence-corrected chi connectivity index (χ2v) is 11.4. The van der Waals surface area contributed by atoms with E-state index >= 15 is 4.39 Å². The van der Waals surface area contributed by atoms with Gasteiger partial charge in [-0.1, -0.05) is 48.0 Å². The molecule has 3 N–H and O–H groups in total. The fourth-order valence-electron chi connectivity index (χ4n) is 4.38. The molecule has 0 aliphatic carbocycles. The Hall–Kier alpha value is -4.33. The molecule has 0 aliphatic heterocycles. The molecule has 222 valence electrons. The van der Waals surface area contributed by atoms with Crippen LogP contribution in [0.15, 0.2) is 90.0 Å². The molecule has 5 aromatic rings. The van der Waals surface area contributed by atoms with E-state index in [1.165, 1.54) is 24.4 Å². The molecule has 0 aliphatic rings. The van der Waals surface area contributed by atoms with Crippen molar-refractivity contribution in [2.45, 2.75) is 17.1 Å². The van der Waals surface area contributed by atoms with Gasteiger partial charge in [-0.2, -0.15) is 13.2 Å². The van der Waals surface area contributed by atoms with E-state index in [2.05, 4.69) is 15.3 Å². The van der Waals surface area contributed by atoms with Gasteiger partial charge in [0.2, 0.25) is 5.95 Å². The number of anilines is 2. The van der Waals surface area contributed by atoms with Gasteiger partial charge in [0, 0.05) is 16.6 Å². The number of fused-ring (bicyclic) bond motifs is 1. The van der Waals surface area contributed by atoms with Crippen molar-refractivity contribution in [1.29, 1.82) is 0 Å². The fraction of sp³-hybridized carbons (Fsp3) is 0.103. The van der Waals surface area contributed by atoms with Crippen molar-refractivity contribution in [2.24, 2.45) is 0 Å². The van der Waals surface area contributed by atoms with Gasteiger partial charge >= 0.3 is 6.18 Å². The van der Waals surface area contributed by atoms with Crippen LogP contribution >= 0.6 is 11.6 Å². The molecule has 0 bridgehead atoms. The van der Waals surface area contributed by atoms with Crippen LogP contribution in [0.4, 0.5) is 33.6 Å². The Kier molecular flexibility index (Phi) is 8.23. The highest BCUT2D eigenvalue weighted by atomic mass is 35.5. The average Bonchev–Trinajstić information content (AvgIpc) is 2.97. The second-order valence-electron chi connectivity index (χ2n) is 9.29. The quantitative estimate of drug-likeness (QED) is 0.156. The van der Waals surface area contributed by atoms with E-state index in [1.54, 1.807) is 4.72 Å². The molecule has 0 saturated carbocycles. The maximum absolute atomic E-state index is 15.6. The Balaban J connectivity index is 1.47. The standard InChI is InChI=1S/C29H20ClF5N4O3S/c30-19-7-8-20(29(33,34)35)25(13-19)43(41,42)39-23-11-9-21(31)26(27(23)32)17-6-10-22-18(12-17)14-36-28(37-22)38-24(15-40)16-4-2-1-3-5-16/h1-14,24,39-40H,15H2,(H,36,37,38). The third kappa shape index (κ3) is 6.38. The van der Waals surface area contributed by atoms with Crippen molar-refractivity contribution in [3.63, 3.8) is 0 Å². The first-order valence-corrected chi connectivity index (χ1v) is 14.3. The fourth-order valence-corrected chi connectivity index (χ4v) is 5.93. The molecule has 4 aromatic carbocycles. The van der Waals surface area contributed by atoms with Gasteiger partial charge in [-0.15, -0.1) is 0 Å². The highest BCUT2D eigenvalue weighted by Crippen LogP contribution is 2.38. The van der Waals surface area contributed by atoms with E-state index in [4.69, 9.17) is 11.6 Å². The number of aromatic nitrogens is 2. The van der Waals surface area contributed by atoms with E-state index in [0.717, 1.165) is 23.8 Å². The number of halogens is 6. The largest absolute Gasteiger partial charge is 0.417 e. The molecule has 0 saturated heterocycles. The van der Waals surface area contributed by atoms with Gasteiger partial charge in [0.05, 0.1) is 35.0 Å². The number of nitrogens with zero attached hydrogens (tertiary/aromatic N) is 2. The Bertz CT molecular complexity index is 1930. The first-order valence-electron chi connectivity index (χ1n) is 12.4. The molecule has 1 heterocycles. The van der Waals surface area contributed by atoms with Crippen LogP contribution in [-0.2, 0) is 16.2 Å². The van der Waals surface area contributed by atoms with Crippen molar-refractivity contribution in [1.82, 2.24) is 9.97 Å². The summed E-state index contributed by atoms with van der Waals surface area (Å²) in [4.78, 5) is 7.39. The van der Waals surface area contributed by atoms with Crippen LogP contribution < -0.4 is 10.0 Å². The molecule has 0 fully saturated rings. The maximum atomic E-state index is 15.6. The molecule has 7 nitrogen and oxygen atoms in total. The maximum Gasteiger partial charge on any atom is 0.417 e. The number of alkyl halides is 3. The van der Waals surface area contributed by atoms with Gasteiger partial charge in [0.1, 0.15) is 10.7 Å². The Morgan fingerprint density at radius 2 is 1.70 bits per heavy atom. The summed E-state index contributed by atoms with van der Waals surface area (Å²) in [5.41, 5.74) is -1.74. The van der Waals surface area contributed by atoms with Gasteiger partial charge in [-0.05, 0) is 53.6 Å². The van der Waals surface area contributed by atoms with E-state index in [-0.39, 0.29) is 23.1 Å². The summed E-state index contributed by atoms with van der Waals surface area (Å²) in [6.07, 6.45) is -3.65. The summed E-state index contributed by atoms with van der Waals surface area (Å²) >= 11 is 5.74. The number of nitrogens with one attached hydrogen (secondary N) is 2. The smallest absolute Gasteiger partial charge is 0.394 e. The van der Waals surface area contributed by atoms with Gasteiger partial charge in [-0.3, -0.25) is 4.72 Å². The van der Waals surface area contributed by atoms with Gasteiger partial charge in [0.25, 0.3) is 10.0 Å². The minimum Gasteiger partial charge on any atom is -0.394 e. The zero-order valence-electron chi connectivity index (χ0n) is 21.7. The topological polar surface area (TPSA) is 104 Å². The highest BCUT2D eigenvalue weighted by Gasteiger charge is 2.37. The van der Waals surface area contributed by atoms with Crippen LogP contribution in [-0.4, -0.2) is 30.1 Å². The van der Waals surface area contributed by atoms with Gasteiger partial charge in [0.15, 0.2) is 5.82 Å². The van der Waals surface area contributed by atoms with Crippen LogP contribution in [0.1, 0.15) is 17.2 Å². The number of aliphatic hydroxyl groups is 1. The van der Waals surface area contributed by atoms with E-state index in [0.29, 0.717) is 23.0 Å². The monoisotopic (exact) mass is 634 g/mol. The lowest BCUT2D eigenvalue weighted by Crippen LogP contribution is -2.19. The summed E-state index contributed by atoms with van der Waals surface area (Å²) in [6.45, 7) is -0.238. The first kappa shape index (κ1) is 30.1. The van der Waals surface area contributed by atoms with E-state index in [9.17, 15) is 31.1 Å². The summed E-state index contributed by atoms with van der Waals surface area (Å²) < 4.78 is 98.6. The third-order valence-electron chi connectivity index (χ3n) is 6.43. The molecule has 0 radical (unpaired) electrons. The van der Waals surface area contributed by atoms with E-state index < -0.39 is 55.6 Å². The molecule has 1 aromatic heterocycles. The van der Waals surface area contributed by atoms with Crippen LogP contribution in [0.25, 0.3) is 22.0 Å². The SMILES string of the molecule is O=S(=O)(Nc1ccc(F)c(-c2ccc3nc(NC(CO)c4ccccc4)ncc3c2)c1F)c1cc(Cl)ccc1C(F)(F)F. The molecule has 1 unspecified atom stereocenters. The molecule has 0 spiro atoms. The van der Waals surface area contributed by atoms with Crippen LogP contribution in [0.5, 0.6) is 0 Å². The molecular formula is C29H20ClF5N4O3S. The Morgan fingerprint density at radius 3 is 2.40 bits per heavy atom. The number of benzene rings is 4. The predicted octanol–water partition coefficient (Wildman–Crippen LogP) is 7.19. The van der Waals surface area contributed by atoms with E-state index in [1.807, 2.05) is 30.3 Å². The number of hydrogen-bond donors (Lipinski definition) is 3. The minimum absolute atomic E-state index is 0.0101. The van der Waals surface area contributed by atoms with Crippen LogP contribution in [0, 0.1) is 11.6 Å². The first-order chi connectivity index (χ1) is 20.4. The molecular weight excluding hydrogens is 615 g/mol. The van der Waals surface area contributed by atoms with Crippen molar-refractivity contribution in [2.75, 3.05) is 16.6 Å². The molecule has 14 heteroatoms. The summed E-state index contributed by atoms with van der Waals surface area (Å²) in [7, 11) is -5.02. The van der Waals surface area contributed by atoms with Crippen molar-refractivity contribution in [3.05, 3.63) is 113 Å². The molecule has 0 amide bonds. The van der Waals surface area contributed by atoms with Crippen molar-refractivity contribution in [3.8, 4) is 11.1 Å². The lowest BCUT2D eigenvalue weighted by Gasteiger charge is -2.17. The zero-order valence-corrected chi connectivity index (χ0v) is 23.3. The van der Waals surface area contributed by atoms with Gasteiger partial charge in [-0.25, -0.2) is 27.2 Å². The number of hydrogen-bond acceptors (Lipinski definition) is 6. The minimum atomic E-state index is -5.05. The lowest BCUT2D eigenvalue weighted by atomic mass is 10.0. The highest BCUT2D eigenvalue weighted by molar-refractivity contribution is 7.92.